The van der Waals surface area contributed by atoms with Gasteiger partial charge in [-0.25, -0.2) is 14.5 Å². The van der Waals surface area contributed by atoms with Crippen LogP contribution in [0.1, 0.15) is 28.4 Å². The third-order valence-corrected chi connectivity index (χ3v) is 5.59. The molecule has 9 heteroatoms. The van der Waals surface area contributed by atoms with Gasteiger partial charge in [0, 0.05) is 16.3 Å². The molecule has 0 amide bonds. The third-order valence-electron chi connectivity index (χ3n) is 5.25. The van der Waals surface area contributed by atoms with E-state index in [2.05, 4.69) is 38.6 Å². The zero-order valence-corrected chi connectivity index (χ0v) is 17.7. The molecule has 0 aliphatic rings. The Morgan fingerprint density at radius 1 is 1.16 bits per heavy atom. The smallest absolute Gasteiger partial charge is 0.192 e. The van der Waals surface area contributed by atoms with Gasteiger partial charge in [0.15, 0.2) is 18.1 Å². The van der Waals surface area contributed by atoms with Gasteiger partial charge in [-0.05, 0) is 37.6 Å². The van der Waals surface area contributed by atoms with Crippen molar-refractivity contribution in [2.45, 2.75) is 27.0 Å². The van der Waals surface area contributed by atoms with Gasteiger partial charge in [-0.1, -0.05) is 35.0 Å². The lowest BCUT2D eigenvalue weighted by Crippen LogP contribution is -2.02. The fraction of sp³-hybridized carbons (Fsp3) is 0.182. The Morgan fingerprint density at radius 2 is 2.03 bits per heavy atom. The minimum absolute atomic E-state index is 0.134. The van der Waals surface area contributed by atoms with Crippen LogP contribution in [0.4, 0.5) is 0 Å². The van der Waals surface area contributed by atoms with E-state index in [4.69, 9.17) is 20.9 Å². The Hall–Kier alpha value is -3.65. The molecule has 4 heterocycles. The van der Waals surface area contributed by atoms with Crippen LogP contribution in [0.15, 0.2) is 58.6 Å². The average Bonchev–Trinajstić information content (AvgIpc) is 3.48. The third kappa shape index (κ3) is 3.55. The lowest BCUT2D eigenvalue weighted by Gasteiger charge is -2.05. The predicted octanol–water partition coefficient (Wildman–Crippen LogP) is 4.54. The van der Waals surface area contributed by atoms with Crippen molar-refractivity contribution in [2.24, 2.45) is 5.16 Å². The SMILES string of the molecule is Cc1c(C)n(Cc2ccco2)c2ncn3nc(CO/N=C/c4ccccc4Cl)nc3c12. The van der Waals surface area contributed by atoms with Crippen LogP contribution in [0.2, 0.25) is 5.02 Å². The molecule has 0 N–H and O–H groups in total. The first kappa shape index (κ1) is 19.3. The minimum atomic E-state index is 0.134. The first-order chi connectivity index (χ1) is 15.1. The van der Waals surface area contributed by atoms with Gasteiger partial charge in [0.05, 0.1) is 24.4 Å². The quantitative estimate of drug-likeness (QED) is 0.289. The molecule has 31 heavy (non-hydrogen) atoms. The molecule has 0 atom stereocenters. The van der Waals surface area contributed by atoms with Gasteiger partial charge in [-0.15, -0.1) is 5.10 Å². The molecule has 0 aliphatic carbocycles. The molecule has 8 nitrogen and oxygen atoms in total. The number of halogens is 1. The number of oxime groups is 1. The number of aromatic nitrogens is 5. The summed E-state index contributed by atoms with van der Waals surface area (Å²) in [6, 6.07) is 11.2. The molecule has 4 aromatic heterocycles. The maximum atomic E-state index is 6.11. The van der Waals surface area contributed by atoms with E-state index in [-0.39, 0.29) is 6.61 Å². The molecule has 0 aliphatic heterocycles. The van der Waals surface area contributed by atoms with E-state index in [1.807, 2.05) is 30.3 Å². The van der Waals surface area contributed by atoms with Crippen LogP contribution in [0.5, 0.6) is 0 Å². The standard InChI is InChI=1S/C22H19ClN6O2/c1-14-15(2)28(11-17-7-5-9-30-17)21-20(14)22-26-19(27-29(22)13-24-21)12-31-25-10-16-6-3-4-8-18(16)23/h3-10,13H,11-12H2,1-2H3/b25-10+. The summed E-state index contributed by atoms with van der Waals surface area (Å²) in [6.45, 7) is 4.87. The molecule has 0 spiro atoms. The summed E-state index contributed by atoms with van der Waals surface area (Å²) in [5.74, 6) is 1.38. The molecule has 0 bridgehead atoms. The number of fused-ring (bicyclic) bond motifs is 3. The number of furan rings is 1. The van der Waals surface area contributed by atoms with Gasteiger partial charge < -0.3 is 13.8 Å². The van der Waals surface area contributed by atoms with Crippen molar-refractivity contribution in [3.63, 3.8) is 0 Å². The zero-order valence-electron chi connectivity index (χ0n) is 17.0. The summed E-state index contributed by atoms with van der Waals surface area (Å²) in [5.41, 5.74) is 4.57. The first-order valence-corrected chi connectivity index (χ1v) is 10.1. The van der Waals surface area contributed by atoms with Gasteiger partial charge in [-0.2, -0.15) is 0 Å². The van der Waals surface area contributed by atoms with Gasteiger partial charge in [0.25, 0.3) is 0 Å². The second-order valence-electron chi connectivity index (χ2n) is 7.14. The molecular weight excluding hydrogens is 416 g/mol. The molecule has 0 saturated heterocycles. The summed E-state index contributed by atoms with van der Waals surface area (Å²) in [4.78, 5) is 14.7. The topological polar surface area (TPSA) is 82.7 Å². The summed E-state index contributed by atoms with van der Waals surface area (Å²) >= 11 is 6.11. The van der Waals surface area contributed by atoms with Crippen molar-refractivity contribution in [1.82, 2.24) is 24.1 Å². The molecule has 156 valence electrons. The molecule has 0 radical (unpaired) electrons. The van der Waals surface area contributed by atoms with Crippen LogP contribution in [0, 0.1) is 13.8 Å². The Balaban J connectivity index is 1.43. The Kier molecular flexibility index (Phi) is 4.91. The normalized spacial score (nSPS) is 11.8. The Morgan fingerprint density at radius 3 is 2.84 bits per heavy atom. The van der Waals surface area contributed by atoms with Crippen molar-refractivity contribution in [2.75, 3.05) is 0 Å². The fourth-order valence-corrected chi connectivity index (χ4v) is 3.74. The summed E-state index contributed by atoms with van der Waals surface area (Å²) in [6.07, 6.45) is 4.91. The number of rotatable bonds is 6. The Labute approximate surface area is 182 Å². The number of nitrogens with zero attached hydrogens (tertiary/aromatic N) is 6. The second kappa shape index (κ2) is 7.88. The van der Waals surface area contributed by atoms with Gasteiger partial charge >= 0.3 is 0 Å². The largest absolute Gasteiger partial charge is 0.467 e. The maximum Gasteiger partial charge on any atom is 0.192 e. The number of aryl methyl sites for hydroxylation is 1. The molecule has 0 saturated carbocycles. The summed E-state index contributed by atoms with van der Waals surface area (Å²) in [5, 5.41) is 10.0. The van der Waals surface area contributed by atoms with Crippen LogP contribution >= 0.6 is 11.6 Å². The highest BCUT2D eigenvalue weighted by Gasteiger charge is 2.18. The Bertz CT molecular complexity index is 1400. The molecule has 0 unspecified atom stereocenters. The van der Waals surface area contributed by atoms with Gasteiger partial charge in [0.2, 0.25) is 0 Å². The van der Waals surface area contributed by atoms with E-state index in [1.165, 1.54) is 0 Å². The fourth-order valence-electron chi connectivity index (χ4n) is 3.56. The van der Waals surface area contributed by atoms with Crippen molar-refractivity contribution in [3.8, 4) is 0 Å². The molecule has 0 fully saturated rings. The predicted molar refractivity (Wildman–Crippen MR) is 117 cm³/mol. The molecule has 5 aromatic rings. The lowest BCUT2D eigenvalue weighted by molar-refractivity contribution is 0.126. The van der Waals surface area contributed by atoms with E-state index >= 15 is 0 Å². The monoisotopic (exact) mass is 434 g/mol. The van der Waals surface area contributed by atoms with Crippen LogP contribution in [-0.4, -0.2) is 30.4 Å². The highest BCUT2D eigenvalue weighted by Crippen LogP contribution is 2.27. The number of hydrogen-bond acceptors (Lipinski definition) is 6. The van der Waals surface area contributed by atoms with Crippen molar-refractivity contribution in [1.29, 1.82) is 0 Å². The minimum Gasteiger partial charge on any atom is -0.467 e. The maximum absolute atomic E-state index is 6.11. The van der Waals surface area contributed by atoms with Crippen LogP contribution in [0.3, 0.4) is 0 Å². The number of benzene rings is 1. The lowest BCUT2D eigenvalue weighted by atomic mass is 10.2. The van der Waals surface area contributed by atoms with Crippen LogP contribution in [-0.2, 0) is 18.0 Å². The molecular formula is C22H19ClN6O2. The van der Waals surface area contributed by atoms with Gasteiger partial charge in [0.1, 0.15) is 17.7 Å². The van der Waals surface area contributed by atoms with Gasteiger partial charge in [-0.3, -0.25) is 0 Å². The van der Waals surface area contributed by atoms with Crippen molar-refractivity contribution in [3.05, 3.63) is 82.4 Å². The van der Waals surface area contributed by atoms with E-state index in [9.17, 15) is 0 Å². The highest BCUT2D eigenvalue weighted by molar-refractivity contribution is 6.33. The summed E-state index contributed by atoms with van der Waals surface area (Å²) < 4.78 is 9.31. The second-order valence-corrected chi connectivity index (χ2v) is 7.55. The van der Waals surface area contributed by atoms with E-state index < -0.39 is 0 Å². The van der Waals surface area contributed by atoms with Crippen molar-refractivity contribution >= 4 is 34.5 Å². The molecule has 5 rings (SSSR count). The van der Waals surface area contributed by atoms with Crippen molar-refractivity contribution < 1.29 is 9.25 Å². The highest BCUT2D eigenvalue weighted by atomic mass is 35.5. The van der Waals surface area contributed by atoms with Crippen LogP contribution in [0.25, 0.3) is 16.7 Å². The zero-order chi connectivity index (χ0) is 21.4. The number of hydrogen-bond donors (Lipinski definition) is 0. The summed E-state index contributed by atoms with van der Waals surface area (Å²) in [7, 11) is 0. The van der Waals surface area contributed by atoms with E-state index in [0.29, 0.717) is 17.4 Å². The van der Waals surface area contributed by atoms with Crippen LogP contribution < -0.4 is 0 Å². The van der Waals surface area contributed by atoms with E-state index in [0.717, 1.165) is 39.3 Å². The first-order valence-electron chi connectivity index (χ1n) is 9.73. The average molecular weight is 435 g/mol. The molecule has 1 aromatic carbocycles. The van der Waals surface area contributed by atoms with E-state index in [1.54, 1.807) is 29.4 Å².